The third kappa shape index (κ3) is 4.75. The van der Waals surface area contributed by atoms with Crippen molar-refractivity contribution in [3.05, 3.63) is 252 Å². The minimum absolute atomic E-state index is 0.153. The van der Waals surface area contributed by atoms with E-state index in [-0.39, 0.29) is 5.41 Å². The van der Waals surface area contributed by atoms with Gasteiger partial charge in [0.05, 0.1) is 22.1 Å². The molecular weight excluding hydrogens is 813 g/mol. The van der Waals surface area contributed by atoms with Crippen LogP contribution in [0.5, 0.6) is 0 Å². The van der Waals surface area contributed by atoms with Crippen molar-refractivity contribution in [1.29, 1.82) is 0 Å². The molecule has 0 N–H and O–H groups in total. The Morgan fingerprint density at radius 2 is 0.940 bits per heavy atom. The molecule has 3 heteroatoms. The Morgan fingerprint density at radius 3 is 1.76 bits per heavy atom. The molecule has 2 aromatic heterocycles. The minimum Gasteiger partial charge on any atom is -0.456 e. The SMILES string of the molecule is CC1(C)c2ccccc2-c2ccc(N(c3ccc(-c4ccc5oc6ccccc6c5c4)cc3)c3ccc4c(c3)C3(c5ccccc5-4)c4ccccc4-n4c5ccccc5c5cccc3c54)cc21. The molecule has 2 aliphatic carbocycles. The van der Waals surface area contributed by atoms with Gasteiger partial charge in [0.1, 0.15) is 11.2 Å². The van der Waals surface area contributed by atoms with Crippen molar-refractivity contribution in [1.82, 2.24) is 4.57 Å². The number of para-hydroxylation sites is 4. The molecule has 0 amide bonds. The maximum atomic E-state index is 6.21. The van der Waals surface area contributed by atoms with E-state index in [1.54, 1.807) is 0 Å². The molecule has 3 nitrogen and oxygen atoms in total. The summed E-state index contributed by atoms with van der Waals surface area (Å²) in [4.78, 5) is 2.49. The summed E-state index contributed by atoms with van der Waals surface area (Å²) in [6, 6.07) is 81.5. The molecule has 1 unspecified atom stereocenters. The van der Waals surface area contributed by atoms with Gasteiger partial charge in [-0.15, -0.1) is 0 Å². The highest BCUT2D eigenvalue weighted by Gasteiger charge is 2.51. The summed E-state index contributed by atoms with van der Waals surface area (Å²) in [5.74, 6) is 0. The highest BCUT2D eigenvalue weighted by molar-refractivity contribution is 6.13. The summed E-state index contributed by atoms with van der Waals surface area (Å²) in [5, 5.41) is 4.83. The van der Waals surface area contributed by atoms with Crippen molar-refractivity contribution in [2.75, 3.05) is 4.90 Å². The van der Waals surface area contributed by atoms with E-state index in [1.807, 2.05) is 12.1 Å². The van der Waals surface area contributed by atoms with Gasteiger partial charge in [-0.1, -0.05) is 166 Å². The van der Waals surface area contributed by atoms with Crippen LogP contribution >= 0.6 is 0 Å². The van der Waals surface area contributed by atoms with Crippen LogP contribution in [-0.2, 0) is 10.8 Å². The van der Waals surface area contributed by atoms with Crippen molar-refractivity contribution in [3.63, 3.8) is 0 Å². The zero-order valence-corrected chi connectivity index (χ0v) is 37.1. The summed E-state index contributed by atoms with van der Waals surface area (Å²) in [6.45, 7) is 4.74. The second kappa shape index (κ2) is 13.1. The quantitative estimate of drug-likeness (QED) is 0.176. The smallest absolute Gasteiger partial charge is 0.135 e. The van der Waals surface area contributed by atoms with E-state index < -0.39 is 5.41 Å². The Hall–Kier alpha value is -8.40. The minimum atomic E-state index is -0.560. The molecule has 67 heavy (non-hydrogen) atoms. The maximum Gasteiger partial charge on any atom is 0.135 e. The molecule has 314 valence electrons. The fraction of sp³-hybridized carbons (Fsp3) is 0.0625. The van der Waals surface area contributed by atoms with Crippen LogP contribution in [0.2, 0.25) is 0 Å². The number of rotatable bonds is 4. The highest BCUT2D eigenvalue weighted by Crippen LogP contribution is 2.62. The van der Waals surface area contributed by atoms with Crippen LogP contribution in [0.15, 0.2) is 223 Å². The predicted octanol–water partition coefficient (Wildman–Crippen LogP) is 16.8. The number of furan rings is 1. The lowest BCUT2D eigenvalue weighted by Gasteiger charge is -2.40. The summed E-state index contributed by atoms with van der Waals surface area (Å²) in [7, 11) is 0. The van der Waals surface area contributed by atoms with Crippen molar-refractivity contribution in [3.8, 4) is 39.1 Å². The monoisotopic (exact) mass is 854 g/mol. The van der Waals surface area contributed by atoms with Crippen LogP contribution in [-0.4, -0.2) is 4.57 Å². The van der Waals surface area contributed by atoms with Gasteiger partial charge in [-0.25, -0.2) is 0 Å². The normalized spacial score (nSPS) is 15.8. The second-order valence-corrected chi connectivity index (χ2v) is 19.2. The van der Waals surface area contributed by atoms with Crippen molar-refractivity contribution >= 4 is 60.8 Å². The third-order valence-electron chi connectivity index (χ3n) is 15.6. The van der Waals surface area contributed by atoms with Crippen molar-refractivity contribution in [2.45, 2.75) is 24.7 Å². The Bertz CT molecular complexity index is 4090. The van der Waals surface area contributed by atoms with Crippen LogP contribution < -0.4 is 4.90 Å². The van der Waals surface area contributed by atoms with E-state index in [1.165, 1.54) is 83.1 Å². The van der Waals surface area contributed by atoms with Crippen LogP contribution in [0.25, 0.3) is 82.8 Å². The van der Waals surface area contributed by atoms with Gasteiger partial charge < -0.3 is 13.9 Å². The summed E-state index contributed by atoms with van der Waals surface area (Å²) < 4.78 is 8.74. The van der Waals surface area contributed by atoms with Gasteiger partial charge in [-0.2, -0.15) is 0 Å². The fourth-order valence-electron chi connectivity index (χ4n) is 12.7. The van der Waals surface area contributed by atoms with E-state index >= 15 is 0 Å². The van der Waals surface area contributed by atoms with Crippen molar-refractivity contribution in [2.24, 2.45) is 0 Å². The summed E-state index contributed by atoms with van der Waals surface area (Å²) >= 11 is 0. The molecular formula is C64H42N2O. The third-order valence-corrected chi connectivity index (χ3v) is 15.6. The number of hydrogen-bond donors (Lipinski definition) is 0. The molecule has 0 saturated heterocycles. The lowest BCUT2D eigenvalue weighted by molar-refractivity contribution is 0.660. The Balaban J connectivity index is 0.967. The van der Waals surface area contributed by atoms with Gasteiger partial charge in [-0.3, -0.25) is 0 Å². The van der Waals surface area contributed by atoms with Gasteiger partial charge in [0.25, 0.3) is 0 Å². The number of benzene rings is 10. The molecule has 0 bridgehead atoms. The Labute approximate surface area is 388 Å². The average molecular weight is 855 g/mol. The maximum absolute atomic E-state index is 6.21. The zero-order valence-electron chi connectivity index (χ0n) is 37.1. The number of aromatic nitrogens is 1. The fourth-order valence-corrected chi connectivity index (χ4v) is 12.7. The first-order valence-electron chi connectivity index (χ1n) is 23.4. The molecule has 1 spiro atoms. The van der Waals surface area contributed by atoms with E-state index in [4.69, 9.17) is 4.42 Å². The van der Waals surface area contributed by atoms with Gasteiger partial charge in [0.15, 0.2) is 0 Å². The first-order chi connectivity index (χ1) is 33.0. The zero-order chi connectivity index (χ0) is 44.2. The molecule has 3 aliphatic rings. The first kappa shape index (κ1) is 36.9. The molecule has 0 radical (unpaired) electrons. The van der Waals surface area contributed by atoms with Crippen molar-refractivity contribution < 1.29 is 4.42 Å². The van der Waals surface area contributed by atoms with Crippen LogP contribution in [0.4, 0.5) is 17.1 Å². The predicted molar refractivity (Wildman–Crippen MR) is 277 cm³/mol. The lowest BCUT2D eigenvalue weighted by atomic mass is 9.65. The molecule has 0 saturated carbocycles. The molecule has 15 rings (SSSR count). The topological polar surface area (TPSA) is 21.3 Å². The standard InChI is InChI=1S/C64H42N2O/c1-63(2)52-19-7-3-14-44(52)46-33-31-42(37-56(46)63)65(41-29-26-39(27-30-41)40-28-35-61-51(36-40)49-17-6-12-25-60(49)67-61)43-32-34-47-45-15-4-8-20-53(45)64(57(47)38-43)54-21-9-11-24-59(54)66-58-23-10-5-16-48(58)50-18-13-22-55(64)62(50)66/h3-38H,1-2H3. The first-order valence-corrected chi connectivity index (χ1v) is 23.4. The van der Waals surface area contributed by atoms with E-state index in [2.05, 4.69) is 230 Å². The molecule has 1 aliphatic heterocycles. The molecule has 1 atom stereocenters. The lowest BCUT2D eigenvalue weighted by Crippen LogP contribution is -2.33. The Kier molecular flexibility index (Phi) is 7.22. The number of hydrogen-bond acceptors (Lipinski definition) is 2. The summed E-state index contributed by atoms with van der Waals surface area (Å²) in [5.41, 5.74) is 23.7. The van der Waals surface area contributed by atoms with Gasteiger partial charge in [-0.05, 0) is 133 Å². The molecule has 10 aromatic carbocycles. The second-order valence-electron chi connectivity index (χ2n) is 19.2. The van der Waals surface area contributed by atoms with Gasteiger partial charge >= 0.3 is 0 Å². The average Bonchev–Trinajstić information content (AvgIpc) is 4.08. The van der Waals surface area contributed by atoms with E-state index in [0.29, 0.717) is 0 Å². The molecule has 12 aromatic rings. The molecule has 3 heterocycles. The number of fused-ring (bicyclic) bond motifs is 18. The molecule has 0 fully saturated rings. The Morgan fingerprint density at radius 1 is 0.373 bits per heavy atom. The number of anilines is 3. The highest BCUT2D eigenvalue weighted by atomic mass is 16.3. The van der Waals surface area contributed by atoms with Crippen LogP contribution in [0, 0.1) is 0 Å². The largest absolute Gasteiger partial charge is 0.456 e. The van der Waals surface area contributed by atoms with Crippen LogP contribution in [0.1, 0.15) is 47.2 Å². The van der Waals surface area contributed by atoms with E-state index in [9.17, 15) is 0 Å². The van der Waals surface area contributed by atoms with E-state index in [0.717, 1.165) is 50.1 Å². The number of nitrogens with zero attached hydrogens (tertiary/aromatic N) is 2. The van der Waals surface area contributed by atoms with Gasteiger partial charge in [0.2, 0.25) is 0 Å². The summed E-state index contributed by atoms with van der Waals surface area (Å²) in [6.07, 6.45) is 0. The van der Waals surface area contributed by atoms with Crippen LogP contribution in [0.3, 0.4) is 0 Å². The van der Waals surface area contributed by atoms with Gasteiger partial charge in [0, 0.05) is 44.0 Å².